The molecule has 0 amide bonds. The zero-order chi connectivity index (χ0) is 17.6. The van der Waals surface area contributed by atoms with E-state index in [4.69, 9.17) is 11.6 Å². The fourth-order valence-corrected chi connectivity index (χ4v) is 2.82. The van der Waals surface area contributed by atoms with E-state index in [0.29, 0.717) is 39.4 Å². The van der Waals surface area contributed by atoms with Crippen molar-refractivity contribution in [3.8, 4) is 22.8 Å². The second-order valence-electron chi connectivity index (χ2n) is 5.54. The van der Waals surface area contributed by atoms with Gasteiger partial charge in [-0.1, -0.05) is 11.6 Å². The van der Waals surface area contributed by atoms with E-state index in [1.807, 2.05) is 13.0 Å². The van der Waals surface area contributed by atoms with Crippen molar-refractivity contribution in [3.63, 3.8) is 0 Å². The van der Waals surface area contributed by atoms with Gasteiger partial charge in [0, 0.05) is 23.5 Å². The minimum Gasteiger partial charge on any atom is -0.345 e. The Labute approximate surface area is 146 Å². The lowest BCUT2D eigenvalue weighted by Crippen LogP contribution is -2.07. The topological polar surface area (TPSA) is 113 Å². The predicted molar refractivity (Wildman–Crippen MR) is 93.3 cm³/mol. The molecular formula is C16H12ClN7O. The number of aryl methyl sites for hydroxylation is 2. The maximum absolute atomic E-state index is 12.2. The van der Waals surface area contributed by atoms with Crippen molar-refractivity contribution in [2.75, 3.05) is 0 Å². The number of nitrogens with one attached hydrogen (secondary N) is 2. The van der Waals surface area contributed by atoms with E-state index < -0.39 is 0 Å². The molecule has 2 N–H and O–H groups in total. The van der Waals surface area contributed by atoms with Gasteiger partial charge in [-0.2, -0.15) is 0 Å². The molecule has 25 heavy (non-hydrogen) atoms. The van der Waals surface area contributed by atoms with Crippen LogP contribution in [0.4, 0.5) is 0 Å². The Morgan fingerprint density at radius 2 is 1.88 bits per heavy atom. The summed E-state index contributed by atoms with van der Waals surface area (Å²) < 4.78 is 0. The number of hydrogen-bond donors (Lipinski definition) is 2. The molecule has 4 rings (SSSR count). The summed E-state index contributed by atoms with van der Waals surface area (Å²) in [6.07, 6.45) is 1.53. The lowest BCUT2D eigenvalue weighted by Gasteiger charge is -2.08. The molecule has 0 bridgehead atoms. The molecule has 9 heteroatoms. The number of H-pyrrole nitrogens is 2. The van der Waals surface area contributed by atoms with Crippen LogP contribution in [0.2, 0.25) is 5.15 Å². The maximum atomic E-state index is 12.2. The highest BCUT2D eigenvalue weighted by molar-refractivity contribution is 6.29. The van der Waals surface area contributed by atoms with Crippen LogP contribution >= 0.6 is 11.6 Å². The van der Waals surface area contributed by atoms with Crippen LogP contribution in [-0.2, 0) is 0 Å². The zero-order valence-electron chi connectivity index (χ0n) is 13.3. The Bertz CT molecular complexity index is 1140. The smallest absolute Gasteiger partial charge is 0.209 e. The third kappa shape index (κ3) is 2.76. The predicted octanol–water partition coefficient (Wildman–Crippen LogP) is 2.44. The van der Waals surface area contributed by atoms with Crippen LogP contribution in [0.5, 0.6) is 0 Å². The summed E-state index contributed by atoms with van der Waals surface area (Å²) in [5.41, 5.74) is 2.76. The maximum Gasteiger partial charge on any atom is 0.209 e. The second kappa shape index (κ2) is 5.75. The highest BCUT2D eigenvalue weighted by Gasteiger charge is 2.18. The molecule has 4 aromatic rings. The molecule has 0 aliphatic carbocycles. The summed E-state index contributed by atoms with van der Waals surface area (Å²) >= 11 is 6.09. The van der Waals surface area contributed by atoms with Crippen LogP contribution in [0, 0.1) is 13.8 Å². The molecule has 0 aromatic carbocycles. The van der Waals surface area contributed by atoms with Gasteiger partial charge in [-0.3, -0.25) is 4.79 Å². The Morgan fingerprint density at radius 1 is 1.04 bits per heavy atom. The lowest BCUT2D eigenvalue weighted by atomic mass is 10.1. The fraction of sp³-hybridized carbons (Fsp3) is 0.125. The summed E-state index contributed by atoms with van der Waals surface area (Å²) in [5.74, 6) is 1.10. The second-order valence-corrected chi connectivity index (χ2v) is 5.93. The number of rotatable bonds is 2. The third-order valence-corrected chi connectivity index (χ3v) is 3.80. The first kappa shape index (κ1) is 15.4. The Hall–Kier alpha value is -3.13. The van der Waals surface area contributed by atoms with E-state index in [-0.39, 0.29) is 10.9 Å². The molecule has 124 valence electrons. The van der Waals surface area contributed by atoms with Gasteiger partial charge < -0.3 is 9.97 Å². The standard InChI is InChI=1S/C16H12ClN7O/c1-7-5-9(6-11(17)19-7)12-14(16-20-8(2)23-24-16)22-15-13(21-12)10(25)3-4-18-15/h3-6H,1-2H3,(H,18,22,25)(H,20,23,24). The summed E-state index contributed by atoms with van der Waals surface area (Å²) in [6, 6.07) is 4.91. The highest BCUT2D eigenvalue weighted by Crippen LogP contribution is 2.29. The van der Waals surface area contributed by atoms with Crippen molar-refractivity contribution in [2.45, 2.75) is 13.8 Å². The number of hydrogen-bond acceptors (Lipinski definition) is 6. The van der Waals surface area contributed by atoms with E-state index in [9.17, 15) is 4.79 Å². The first-order valence-electron chi connectivity index (χ1n) is 7.45. The monoisotopic (exact) mass is 353 g/mol. The average molecular weight is 354 g/mol. The molecule has 0 aliphatic heterocycles. The number of aromatic amines is 2. The van der Waals surface area contributed by atoms with Crippen LogP contribution in [-0.4, -0.2) is 35.1 Å². The van der Waals surface area contributed by atoms with Crippen molar-refractivity contribution in [1.29, 1.82) is 0 Å². The molecule has 0 unspecified atom stereocenters. The Morgan fingerprint density at radius 3 is 2.60 bits per heavy atom. The van der Waals surface area contributed by atoms with E-state index in [2.05, 4.69) is 35.1 Å². The number of pyridine rings is 2. The highest BCUT2D eigenvalue weighted by atomic mass is 35.5. The molecule has 0 aliphatic rings. The van der Waals surface area contributed by atoms with E-state index in [0.717, 1.165) is 5.69 Å². The molecule has 0 atom stereocenters. The fourth-order valence-electron chi connectivity index (χ4n) is 2.57. The summed E-state index contributed by atoms with van der Waals surface area (Å²) in [5, 5.41) is 8.41. The van der Waals surface area contributed by atoms with Crippen LogP contribution in [0.15, 0.2) is 29.2 Å². The summed E-state index contributed by atoms with van der Waals surface area (Å²) in [7, 11) is 0. The third-order valence-electron chi connectivity index (χ3n) is 3.60. The molecule has 4 aromatic heterocycles. The van der Waals surface area contributed by atoms with Crippen LogP contribution in [0.3, 0.4) is 0 Å². The first-order valence-corrected chi connectivity index (χ1v) is 7.83. The summed E-state index contributed by atoms with van der Waals surface area (Å²) in [6.45, 7) is 3.62. The molecule has 0 radical (unpaired) electrons. The van der Waals surface area contributed by atoms with Gasteiger partial charge in [0.1, 0.15) is 22.4 Å². The van der Waals surface area contributed by atoms with Gasteiger partial charge in [0.15, 0.2) is 17.0 Å². The largest absolute Gasteiger partial charge is 0.345 e. The summed E-state index contributed by atoms with van der Waals surface area (Å²) in [4.78, 5) is 31.4. The van der Waals surface area contributed by atoms with Crippen LogP contribution in [0.1, 0.15) is 11.5 Å². The normalized spacial score (nSPS) is 11.2. The van der Waals surface area contributed by atoms with Gasteiger partial charge in [-0.25, -0.2) is 15.0 Å². The minimum absolute atomic E-state index is 0.223. The molecule has 4 heterocycles. The zero-order valence-corrected chi connectivity index (χ0v) is 14.1. The van der Waals surface area contributed by atoms with Gasteiger partial charge in [0.05, 0.1) is 0 Å². The lowest BCUT2D eigenvalue weighted by molar-refractivity contribution is 1.04. The van der Waals surface area contributed by atoms with Crippen LogP contribution < -0.4 is 5.43 Å². The van der Waals surface area contributed by atoms with Crippen molar-refractivity contribution in [3.05, 3.63) is 51.3 Å². The van der Waals surface area contributed by atoms with Crippen molar-refractivity contribution < 1.29 is 0 Å². The Kier molecular flexibility index (Phi) is 3.54. The molecule has 0 spiro atoms. The van der Waals surface area contributed by atoms with Gasteiger partial charge in [-0.15, -0.1) is 10.2 Å². The Balaban J connectivity index is 2.09. The van der Waals surface area contributed by atoms with E-state index >= 15 is 0 Å². The number of fused-ring (bicyclic) bond motifs is 1. The SMILES string of the molecule is Cc1cc(-c2nc3c(=O)cc[nH]c3nc2-c2nnc(C)[nH]2)cc(Cl)n1. The number of nitrogens with zero attached hydrogens (tertiary/aromatic N) is 5. The van der Waals surface area contributed by atoms with Gasteiger partial charge in [0.2, 0.25) is 5.43 Å². The van der Waals surface area contributed by atoms with Gasteiger partial charge in [0.25, 0.3) is 0 Å². The van der Waals surface area contributed by atoms with Crippen molar-refractivity contribution >= 4 is 22.8 Å². The molecule has 0 saturated heterocycles. The number of aromatic nitrogens is 7. The van der Waals surface area contributed by atoms with Crippen molar-refractivity contribution in [2.24, 2.45) is 0 Å². The molecular weight excluding hydrogens is 342 g/mol. The van der Waals surface area contributed by atoms with Gasteiger partial charge in [-0.05, 0) is 26.0 Å². The minimum atomic E-state index is -0.223. The molecule has 0 fully saturated rings. The van der Waals surface area contributed by atoms with E-state index in [1.54, 1.807) is 13.0 Å². The van der Waals surface area contributed by atoms with Crippen LogP contribution in [0.25, 0.3) is 33.9 Å². The van der Waals surface area contributed by atoms with Crippen molar-refractivity contribution in [1.82, 2.24) is 35.1 Å². The number of halogens is 1. The average Bonchev–Trinajstić information content (AvgIpc) is 2.99. The quantitative estimate of drug-likeness (QED) is 0.535. The first-order chi connectivity index (χ1) is 12.0. The molecule has 8 nitrogen and oxygen atoms in total. The van der Waals surface area contributed by atoms with E-state index in [1.165, 1.54) is 12.3 Å². The van der Waals surface area contributed by atoms with Gasteiger partial charge >= 0.3 is 0 Å². The molecule has 0 saturated carbocycles.